The summed E-state index contributed by atoms with van der Waals surface area (Å²) in [7, 11) is 3.07. The van der Waals surface area contributed by atoms with Gasteiger partial charge in [-0.3, -0.25) is 9.69 Å². The summed E-state index contributed by atoms with van der Waals surface area (Å²) in [5, 5.41) is 2.74. The van der Waals surface area contributed by atoms with Crippen molar-refractivity contribution < 1.29 is 14.3 Å². The topological polar surface area (TPSA) is 87.9 Å². The van der Waals surface area contributed by atoms with E-state index in [-0.39, 0.29) is 11.9 Å². The van der Waals surface area contributed by atoms with Crippen molar-refractivity contribution in [3.05, 3.63) is 0 Å². The summed E-state index contributed by atoms with van der Waals surface area (Å²) in [5.41, 5.74) is 5.41. The molecular formula is C12H22N4O3S. The van der Waals surface area contributed by atoms with Crippen LogP contribution in [0.3, 0.4) is 0 Å². The molecule has 0 aromatic heterocycles. The van der Waals surface area contributed by atoms with E-state index in [0.29, 0.717) is 31.0 Å². The number of nitrogens with one attached hydrogen (secondary N) is 1. The molecule has 7 nitrogen and oxygen atoms in total. The highest BCUT2D eigenvalue weighted by atomic mass is 32.1. The number of likely N-dealkylation sites (N-methyl/N-ethyl adjacent to an activating group) is 1. The number of rotatable bonds is 6. The number of nitrogens with two attached hydrogens (primary N) is 1. The fourth-order valence-electron chi connectivity index (χ4n) is 2.03. The molecular weight excluding hydrogens is 280 g/mol. The zero-order valence-electron chi connectivity index (χ0n) is 11.9. The number of carbonyl (C=O) groups is 2. The molecule has 0 aromatic rings. The van der Waals surface area contributed by atoms with Crippen LogP contribution >= 0.6 is 12.2 Å². The van der Waals surface area contributed by atoms with Gasteiger partial charge in [-0.25, -0.2) is 4.79 Å². The van der Waals surface area contributed by atoms with Gasteiger partial charge in [0.25, 0.3) is 0 Å². The van der Waals surface area contributed by atoms with Crippen LogP contribution in [0.5, 0.6) is 0 Å². The molecule has 1 heterocycles. The van der Waals surface area contributed by atoms with Crippen molar-refractivity contribution in [2.45, 2.75) is 18.9 Å². The van der Waals surface area contributed by atoms with Gasteiger partial charge in [-0.05, 0) is 6.42 Å². The highest BCUT2D eigenvalue weighted by Gasteiger charge is 2.26. The van der Waals surface area contributed by atoms with E-state index in [1.54, 1.807) is 11.9 Å². The highest BCUT2D eigenvalue weighted by Crippen LogP contribution is 2.09. The van der Waals surface area contributed by atoms with E-state index in [0.717, 1.165) is 13.0 Å². The maximum atomic E-state index is 12.0. The van der Waals surface area contributed by atoms with Crippen LogP contribution < -0.4 is 11.1 Å². The lowest BCUT2D eigenvalue weighted by Crippen LogP contribution is -2.41. The minimum absolute atomic E-state index is 0.0277. The van der Waals surface area contributed by atoms with Gasteiger partial charge in [0.1, 0.15) is 0 Å². The summed E-state index contributed by atoms with van der Waals surface area (Å²) in [6, 6.07) is 0.0391. The lowest BCUT2D eigenvalue weighted by Gasteiger charge is -2.21. The molecule has 8 heteroatoms. The molecule has 0 bridgehead atoms. The molecule has 1 unspecified atom stereocenters. The summed E-state index contributed by atoms with van der Waals surface area (Å²) < 4.78 is 4.55. The third kappa shape index (κ3) is 5.70. The van der Waals surface area contributed by atoms with Crippen molar-refractivity contribution in [2.75, 3.05) is 40.3 Å². The Morgan fingerprint density at radius 3 is 2.85 bits per heavy atom. The first-order chi connectivity index (χ1) is 9.42. The molecule has 0 aliphatic carbocycles. The van der Waals surface area contributed by atoms with Crippen LogP contribution in [0.1, 0.15) is 12.8 Å². The third-order valence-electron chi connectivity index (χ3n) is 3.26. The largest absolute Gasteiger partial charge is 0.453 e. The Morgan fingerprint density at radius 2 is 2.25 bits per heavy atom. The predicted octanol–water partition coefficient (Wildman–Crippen LogP) is -0.449. The minimum Gasteiger partial charge on any atom is -0.453 e. The molecule has 1 fully saturated rings. The second-order valence-electron chi connectivity index (χ2n) is 4.89. The van der Waals surface area contributed by atoms with Crippen LogP contribution in [-0.4, -0.2) is 73.2 Å². The van der Waals surface area contributed by atoms with Crippen LogP contribution in [0.25, 0.3) is 0 Å². The lowest BCUT2D eigenvalue weighted by molar-refractivity contribution is -0.130. The normalized spacial score (nSPS) is 18.6. The van der Waals surface area contributed by atoms with Crippen molar-refractivity contribution >= 4 is 29.2 Å². The van der Waals surface area contributed by atoms with Gasteiger partial charge in [-0.15, -0.1) is 0 Å². The van der Waals surface area contributed by atoms with Crippen LogP contribution in [0.15, 0.2) is 0 Å². The first-order valence-electron chi connectivity index (χ1n) is 6.51. The van der Waals surface area contributed by atoms with Gasteiger partial charge in [0.15, 0.2) is 0 Å². The summed E-state index contributed by atoms with van der Waals surface area (Å²) in [4.78, 5) is 27.1. The molecule has 0 radical (unpaired) electrons. The van der Waals surface area contributed by atoms with Crippen molar-refractivity contribution in [2.24, 2.45) is 5.73 Å². The van der Waals surface area contributed by atoms with E-state index in [9.17, 15) is 9.59 Å². The Kier molecular flexibility index (Phi) is 6.66. The Hall–Kier alpha value is -1.41. The predicted molar refractivity (Wildman–Crippen MR) is 79.4 cm³/mol. The Balaban J connectivity index is 2.29. The van der Waals surface area contributed by atoms with Crippen molar-refractivity contribution in [3.63, 3.8) is 0 Å². The zero-order valence-corrected chi connectivity index (χ0v) is 12.7. The van der Waals surface area contributed by atoms with E-state index in [2.05, 4.69) is 10.1 Å². The average molecular weight is 302 g/mol. The maximum Gasteiger partial charge on any atom is 0.407 e. The van der Waals surface area contributed by atoms with Gasteiger partial charge >= 0.3 is 6.09 Å². The molecule has 3 N–H and O–H groups in total. The SMILES string of the molecule is COC(=O)NC1CCN(CC(=O)N(C)CCC(N)=S)C1. The minimum atomic E-state index is -0.434. The number of hydrogen-bond donors (Lipinski definition) is 2. The first kappa shape index (κ1) is 16.6. The number of ether oxygens (including phenoxy) is 1. The quantitative estimate of drug-likeness (QED) is 0.646. The second kappa shape index (κ2) is 8.01. The number of amides is 2. The number of methoxy groups -OCH3 is 1. The number of thiocarbonyl (C=S) groups is 1. The molecule has 0 saturated carbocycles. The van der Waals surface area contributed by atoms with Crippen LogP contribution in [-0.2, 0) is 9.53 Å². The molecule has 0 aromatic carbocycles. The Bertz CT molecular complexity index is 378. The van der Waals surface area contributed by atoms with Gasteiger partial charge in [0.2, 0.25) is 5.91 Å². The van der Waals surface area contributed by atoms with E-state index >= 15 is 0 Å². The molecule has 1 aliphatic heterocycles. The second-order valence-corrected chi connectivity index (χ2v) is 5.41. The molecule has 114 valence electrons. The molecule has 1 saturated heterocycles. The molecule has 1 atom stereocenters. The van der Waals surface area contributed by atoms with Gasteiger partial charge < -0.3 is 20.7 Å². The molecule has 0 spiro atoms. The molecule has 20 heavy (non-hydrogen) atoms. The van der Waals surface area contributed by atoms with E-state index < -0.39 is 6.09 Å². The average Bonchev–Trinajstić information content (AvgIpc) is 2.82. The number of nitrogens with zero attached hydrogens (tertiary/aromatic N) is 2. The monoisotopic (exact) mass is 302 g/mol. The molecule has 2 amide bonds. The summed E-state index contributed by atoms with van der Waals surface area (Å²) in [6.07, 6.45) is 0.917. The summed E-state index contributed by atoms with van der Waals surface area (Å²) >= 11 is 4.79. The highest BCUT2D eigenvalue weighted by molar-refractivity contribution is 7.80. The standard InChI is InChI=1S/C12H22N4O3S/c1-15(5-4-10(13)20)11(17)8-16-6-3-9(7-16)14-12(18)19-2/h9H,3-8H2,1-2H3,(H2,13,20)(H,14,18). The van der Waals surface area contributed by atoms with E-state index in [4.69, 9.17) is 18.0 Å². The van der Waals surface area contributed by atoms with Crippen LogP contribution in [0.4, 0.5) is 4.79 Å². The van der Waals surface area contributed by atoms with Gasteiger partial charge in [0.05, 0.1) is 18.6 Å². The fraction of sp³-hybridized carbons (Fsp3) is 0.750. The van der Waals surface area contributed by atoms with Crippen molar-refractivity contribution in [1.82, 2.24) is 15.1 Å². The lowest BCUT2D eigenvalue weighted by atomic mass is 10.3. The third-order valence-corrected chi connectivity index (χ3v) is 3.46. The zero-order chi connectivity index (χ0) is 15.1. The van der Waals surface area contributed by atoms with Gasteiger partial charge in [-0.2, -0.15) is 0 Å². The number of carbonyl (C=O) groups excluding carboxylic acids is 2. The van der Waals surface area contributed by atoms with Crippen LogP contribution in [0.2, 0.25) is 0 Å². The molecule has 1 rings (SSSR count). The summed E-state index contributed by atoms with van der Waals surface area (Å²) in [5.74, 6) is 0.0277. The smallest absolute Gasteiger partial charge is 0.407 e. The van der Waals surface area contributed by atoms with E-state index in [1.807, 2.05) is 4.90 Å². The van der Waals surface area contributed by atoms with E-state index in [1.165, 1.54) is 7.11 Å². The maximum absolute atomic E-state index is 12.0. The van der Waals surface area contributed by atoms with Crippen LogP contribution in [0, 0.1) is 0 Å². The van der Waals surface area contributed by atoms with Gasteiger partial charge in [0, 0.05) is 39.1 Å². The number of hydrogen-bond acceptors (Lipinski definition) is 5. The Labute approximate surface area is 124 Å². The number of likely N-dealkylation sites (tertiary alicyclic amines) is 1. The summed E-state index contributed by atoms with van der Waals surface area (Å²) in [6.45, 7) is 2.31. The Morgan fingerprint density at radius 1 is 1.55 bits per heavy atom. The van der Waals surface area contributed by atoms with Crippen molar-refractivity contribution in [1.29, 1.82) is 0 Å². The first-order valence-corrected chi connectivity index (χ1v) is 6.92. The van der Waals surface area contributed by atoms with Gasteiger partial charge in [-0.1, -0.05) is 12.2 Å². The fourth-order valence-corrected chi connectivity index (χ4v) is 2.13. The molecule has 1 aliphatic rings. The van der Waals surface area contributed by atoms with Crippen molar-refractivity contribution in [3.8, 4) is 0 Å². The number of alkyl carbamates (subject to hydrolysis) is 1.